The zero-order chi connectivity index (χ0) is 17.1. The van der Waals surface area contributed by atoms with E-state index >= 15 is 0 Å². The molecule has 1 N–H and O–H groups in total. The minimum atomic E-state index is -0.557. The van der Waals surface area contributed by atoms with E-state index in [4.69, 9.17) is 9.15 Å². The fraction of sp³-hybridized carbons (Fsp3) is 0.111. The van der Waals surface area contributed by atoms with Crippen molar-refractivity contribution < 1.29 is 13.9 Å². The minimum Gasteiger partial charge on any atom is -0.497 e. The summed E-state index contributed by atoms with van der Waals surface area (Å²) in [5.41, 5.74) is 0.0819. The minimum absolute atomic E-state index is 0.0460. The molecule has 0 aliphatic carbocycles. The molecule has 24 heavy (non-hydrogen) atoms. The van der Waals surface area contributed by atoms with Crippen LogP contribution in [0.1, 0.15) is 10.6 Å². The van der Waals surface area contributed by atoms with Crippen LogP contribution in [0.15, 0.2) is 62.6 Å². The molecule has 0 radical (unpaired) electrons. The van der Waals surface area contributed by atoms with Gasteiger partial charge in [-0.3, -0.25) is 4.79 Å². The van der Waals surface area contributed by atoms with Crippen LogP contribution in [0.2, 0.25) is 0 Å². The highest BCUT2D eigenvalue weighted by molar-refractivity contribution is 7.98. The molecule has 0 fully saturated rings. The largest absolute Gasteiger partial charge is 0.497 e. The number of benzene rings is 2. The maximum atomic E-state index is 12.4. The van der Waals surface area contributed by atoms with E-state index in [2.05, 4.69) is 5.32 Å². The standard InChI is InChI=1S/C18H15NO4S/c1-22-13-6-7-15-11(8-13)9-16(23-18(15)21)17(20)19-12-4-3-5-14(10-12)24-2/h3-10H,1-2H3,(H,19,20). The van der Waals surface area contributed by atoms with Gasteiger partial charge in [-0.15, -0.1) is 11.8 Å². The number of hydrogen-bond donors (Lipinski definition) is 1. The van der Waals surface area contributed by atoms with Crippen LogP contribution in [0.4, 0.5) is 5.69 Å². The van der Waals surface area contributed by atoms with Gasteiger partial charge in [-0.25, -0.2) is 4.79 Å². The van der Waals surface area contributed by atoms with E-state index in [1.165, 1.54) is 6.07 Å². The van der Waals surface area contributed by atoms with Gasteiger partial charge in [0, 0.05) is 10.6 Å². The number of carbonyl (C=O) groups is 1. The third kappa shape index (κ3) is 3.28. The number of hydrogen-bond acceptors (Lipinski definition) is 5. The van der Waals surface area contributed by atoms with Crippen LogP contribution < -0.4 is 15.7 Å². The van der Waals surface area contributed by atoms with E-state index in [1.807, 2.05) is 24.5 Å². The molecule has 5 nitrogen and oxygen atoms in total. The summed E-state index contributed by atoms with van der Waals surface area (Å²) in [5, 5.41) is 3.73. The molecular weight excluding hydrogens is 326 g/mol. The normalized spacial score (nSPS) is 10.6. The molecule has 122 valence electrons. The van der Waals surface area contributed by atoms with Crippen molar-refractivity contribution in [2.75, 3.05) is 18.7 Å². The summed E-state index contributed by atoms with van der Waals surface area (Å²) < 4.78 is 10.3. The number of thioether (sulfide) groups is 1. The summed E-state index contributed by atoms with van der Waals surface area (Å²) >= 11 is 1.58. The van der Waals surface area contributed by atoms with E-state index in [-0.39, 0.29) is 5.76 Å². The highest BCUT2D eigenvalue weighted by Gasteiger charge is 2.13. The van der Waals surface area contributed by atoms with Crippen molar-refractivity contribution in [1.82, 2.24) is 0 Å². The molecule has 0 saturated heterocycles. The van der Waals surface area contributed by atoms with E-state index in [0.717, 1.165) is 4.90 Å². The lowest BCUT2D eigenvalue weighted by atomic mass is 10.1. The molecule has 0 atom stereocenters. The first-order valence-corrected chi connectivity index (χ1v) is 8.40. The van der Waals surface area contributed by atoms with Crippen LogP contribution in [-0.4, -0.2) is 19.3 Å². The quantitative estimate of drug-likeness (QED) is 0.732. The molecule has 0 saturated carbocycles. The second-order valence-electron chi connectivity index (χ2n) is 5.04. The average Bonchev–Trinajstić information content (AvgIpc) is 2.61. The van der Waals surface area contributed by atoms with Crippen LogP contribution in [0, 0.1) is 0 Å². The fourth-order valence-corrected chi connectivity index (χ4v) is 2.76. The van der Waals surface area contributed by atoms with Gasteiger partial charge >= 0.3 is 5.63 Å². The van der Waals surface area contributed by atoms with Gasteiger partial charge in [0.15, 0.2) is 5.76 Å². The Bertz CT molecular complexity index is 965. The van der Waals surface area contributed by atoms with Crippen molar-refractivity contribution >= 4 is 34.1 Å². The summed E-state index contributed by atoms with van der Waals surface area (Å²) in [6, 6.07) is 13.9. The molecule has 0 bridgehead atoms. The van der Waals surface area contributed by atoms with Gasteiger partial charge in [0.1, 0.15) is 5.75 Å². The Morgan fingerprint density at radius 2 is 2.00 bits per heavy atom. The monoisotopic (exact) mass is 341 g/mol. The van der Waals surface area contributed by atoms with E-state index in [0.29, 0.717) is 22.2 Å². The van der Waals surface area contributed by atoms with Crippen molar-refractivity contribution in [3.05, 3.63) is 64.7 Å². The third-order valence-corrected chi connectivity index (χ3v) is 4.24. The molecule has 3 rings (SSSR count). The molecule has 6 heteroatoms. The summed E-state index contributed by atoms with van der Waals surface area (Å²) in [6.07, 6.45) is 1.96. The number of methoxy groups -OCH3 is 1. The van der Waals surface area contributed by atoms with Gasteiger partial charge in [-0.05, 0) is 54.1 Å². The topological polar surface area (TPSA) is 68.5 Å². The Labute approximate surface area is 142 Å². The molecule has 0 spiro atoms. The fourth-order valence-electron chi connectivity index (χ4n) is 2.30. The number of nitrogens with one attached hydrogen (secondary N) is 1. The van der Waals surface area contributed by atoms with E-state index in [1.54, 1.807) is 43.1 Å². The molecule has 1 aromatic heterocycles. The highest BCUT2D eigenvalue weighted by Crippen LogP contribution is 2.21. The predicted octanol–water partition coefficient (Wildman–Crippen LogP) is 3.78. The van der Waals surface area contributed by atoms with E-state index in [9.17, 15) is 9.59 Å². The lowest BCUT2D eigenvalue weighted by Crippen LogP contribution is -2.15. The number of amides is 1. The Kier molecular flexibility index (Phi) is 4.57. The predicted molar refractivity (Wildman–Crippen MR) is 95.2 cm³/mol. The third-order valence-electron chi connectivity index (χ3n) is 3.52. The van der Waals surface area contributed by atoms with Crippen LogP contribution in [-0.2, 0) is 0 Å². The number of anilines is 1. The summed E-state index contributed by atoms with van der Waals surface area (Å²) in [7, 11) is 1.54. The summed E-state index contributed by atoms with van der Waals surface area (Å²) in [6.45, 7) is 0. The van der Waals surface area contributed by atoms with Crippen molar-refractivity contribution in [3.8, 4) is 5.75 Å². The lowest BCUT2D eigenvalue weighted by Gasteiger charge is -2.07. The van der Waals surface area contributed by atoms with Crippen molar-refractivity contribution in [1.29, 1.82) is 0 Å². The molecule has 0 unspecified atom stereocenters. The Morgan fingerprint density at radius 1 is 1.17 bits per heavy atom. The Morgan fingerprint density at radius 3 is 2.75 bits per heavy atom. The van der Waals surface area contributed by atoms with Gasteiger partial charge in [0.2, 0.25) is 0 Å². The number of rotatable bonds is 4. The van der Waals surface area contributed by atoms with E-state index < -0.39 is 11.5 Å². The van der Waals surface area contributed by atoms with Crippen molar-refractivity contribution in [2.45, 2.75) is 4.90 Å². The molecular formula is C18H15NO4S. The highest BCUT2D eigenvalue weighted by atomic mass is 32.2. The number of fused-ring (bicyclic) bond motifs is 1. The smallest absolute Gasteiger partial charge is 0.344 e. The first-order chi connectivity index (χ1) is 11.6. The van der Waals surface area contributed by atoms with Gasteiger partial charge in [0.25, 0.3) is 5.91 Å². The second kappa shape index (κ2) is 6.80. The molecule has 0 aliphatic rings. The molecule has 1 amide bonds. The second-order valence-corrected chi connectivity index (χ2v) is 5.92. The van der Waals surface area contributed by atoms with Crippen LogP contribution in [0.5, 0.6) is 5.75 Å². The van der Waals surface area contributed by atoms with Crippen LogP contribution >= 0.6 is 11.8 Å². The van der Waals surface area contributed by atoms with Crippen molar-refractivity contribution in [3.63, 3.8) is 0 Å². The summed E-state index contributed by atoms with van der Waals surface area (Å²) in [5.74, 6) is 0.0810. The zero-order valence-electron chi connectivity index (χ0n) is 13.2. The van der Waals surface area contributed by atoms with Crippen LogP contribution in [0.25, 0.3) is 10.8 Å². The van der Waals surface area contributed by atoms with Crippen molar-refractivity contribution in [2.24, 2.45) is 0 Å². The average molecular weight is 341 g/mol. The Hall–Kier alpha value is -2.73. The van der Waals surface area contributed by atoms with Gasteiger partial charge in [-0.2, -0.15) is 0 Å². The molecule has 1 heterocycles. The van der Waals surface area contributed by atoms with Crippen LogP contribution in [0.3, 0.4) is 0 Å². The maximum Gasteiger partial charge on any atom is 0.344 e. The molecule has 3 aromatic rings. The number of ether oxygens (including phenoxy) is 1. The zero-order valence-corrected chi connectivity index (χ0v) is 14.0. The SMILES string of the molecule is COc1ccc2c(=O)oc(C(=O)Nc3cccc(SC)c3)cc2c1. The summed E-state index contributed by atoms with van der Waals surface area (Å²) in [4.78, 5) is 25.5. The van der Waals surface area contributed by atoms with Gasteiger partial charge < -0.3 is 14.5 Å². The molecule has 2 aromatic carbocycles. The first kappa shape index (κ1) is 16.1. The lowest BCUT2D eigenvalue weighted by molar-refractivity contribution is 0.0993. The Balaban J connectivity index is 1.95. The van der Waals surface area contributed by atoms with Gasteiger partial charge in [0.05, 0.1) is 12.5 Å². The first-order valence-electron chi connectivity index (χ1n) is 7.18. The number of carbonyl (C=O) groups excluding carboxylic acids is 1. The van der Waals surface area contributed by atoms with Gasteiger partial charge in [-0.1, -0.05) is 6.07 Å². The maximum absolute atomic E-state index is 12.4. The molecule has 0 aliphatic heterocycles.